The first-order valence-electron chi connectivity index (χ1n) is 5.71. The molecule has 3 nitrogen and oxygen atoms in total. The van der Waals surface area contributed by atoms with Gasteiger partial charge in [0.2, 0.25) is 0 Å². The van der Waals surface area contributed by atoms with Gasteiger partial charge in [0.1, 0.15) is 0 Å². The van der Waals surface area contributed by atoms with E-state index in [2.05, 4.69) is 44.0 Å². The highest BCUT2D eigenvalue weighted by Crippen LogP contribution is 2.32. The molecule has 16 heavy (non-hydrogen) atoms. The van der Waals surface area contributed by atoms with E-state index < -0.39 is 0 Å². The molecule has 0 amide bonds. The summed E-state index contributed by atoms with van der Waals surface area (Å²) in [6, 6.07) is 6.67. The van der Waals surface area contributed by atoms with Crippen LogP contribution in [0.1, 0.15) is 25.0 Å². The van der Waals surface area contributed by atoms with Crippen LogP contribution in [0.2, 0.25) is 0 Å². The Bertz CT molecular complexity index is 388. The van der Waals surface area contributed by atoms with Crippen molar-refractivity contribution < 1.29 is 4.84 Å². The van der Waals surface area contributed by atoms with E-state index >= 15 is 0 Å². The van der Waals surface area contributed by atoms with Crippen LogP contribution < -0.4 is 10.8 Å². The predicted molar refractivity (Wildman–Crippen MR) is 66.6 cm³/mol. The highest BCUT2D eigenvalue weighted by atomic mass is 16.6. The Hall–Kier alpha value is -1.06. The highest BCUT2D eigenvalue weighted by molar-refractivity contribution is 5.59. The monoisotopic (exact) mass is 220 g/mol. The number of hydrogen-bond donors (Lipinski definition) is 1. The Kier molecular flexibility index (Phi) is 2.91. The van der Waals surface area contributed by atoms with Crippen LogP contribution in [0.25, 0.3) is 0 Å². The molecule has 0 bridgehead atoms. The first-order valence-corrected chi connectivity index (χ1v) is 5.71. The van der Waals surface area contributed by atoms with Crippen LogP contribution in [-0.4, -0.2) is 20.2 Å². The topological polar surface area (TPSA) is 38.5 Å². The van der Waals surface area contributed by atoms with Gasteiger partial charge in [0, 0.05) is 24.7 Å². The summed E-state index contributed by atoms with van der Waals surface area (Å²) >= 11 is 0. The van der Waals surface area contributed by atoms with Crippen LogP contribution in [0.3, 0.4) is 0 Å². The van der Waals surface area contributed by atoms with Crippen molar-refractivity contribution in [3.05, 3.63) is 29.3 Å². The predicted octanol–water partition coefficient (Wildman–Crippen LogP) is 1.85. The molecule has 1 aromatic rings. The molecule has 0 atom stereocenters. The molecule has 0 aliphatic carbocycles. The fourth-order valence-electron chi connectivity index (χ4n) is 2.28. The highest BCUT2D eigenvalue weighted by Gasteiger charge is 2.24. The van der Waals surface area contributed by atoms with Crippen LogP contribution in [0, 0.1) is 0 Å². The normalized spacial score (nSPS) is 15.4. The summed E-state index contributed by atoms with van der Waals surface area (Å²) in [6.45, 7) is 5.97. The summed E-state index contributed by atoms with van der Waals surface area (Å²) in [4.78, 5) is 7.09. The molecule has 0 radical (unpaired) electrons. The second-order valence-electron chi connectivity index (χ2n) is 5.21. The number of benzene rings is 1. The maximum Gasteiger partial charge on any atom is 0.0770 e. The molecule has 1 heterocycles. The van der Waals surface area contributed by atoms with Gasteiger partial charge >= 0.3 is 0 Å². The molecule has 0 unspecified atom stereocenters. The number of anilines is 1. The second-order valence-corrected chi connectivity index (χ2v) is 5.21. The lowest BCUT2D eigenvalue weighted by molar-refractivity contribution is 0.0964. The molecule has 88 valence electrons. The van der Waals surface area contributed by atoms with E-state index in [-0.39, 0.29) is 5.41 Å². The van der Waals surface area contributed by atoms with Gasteiger partial charge in [-0.2, -0.15) is 0 Å². The summed E-state index contributed by atoms with van der Waals surface area (Å²) in [7, 11) is 2.14. The van der Waals surface area contributed by atoms with E-state index in [4.69, 9.17) is 10.7 Å². The van der Waals surface area contributed by atoms with E-state index in [9.17, 15) is 0 Å². The summed E-state index contributed by atoms with van der Waals surface area (Å²) in [6.07, 6.45) is 1.14. The Labute approximate surface area is 97.1 Å². The Balaban J connectivity index is 2.32. The number of hydrogen-bond acceptors (Lipinski definition) is 3. The second kappa shape index (κ2) is 4.07. The molecule has 0 spiro atoms. The minimum Gasteiger partial charge on any atom is -0.374 e. The van der Waals surface area contributed by atoms with Gasteiger partial charge in [0.25, 0.3) is 0 Å². The summed E-state index contributed by atoms with van der Waals surface area (Å²) in [5.41, 5.74) is 4.07. The van der Waals surface area contributed by atoms with Crippen LogP contribution in [0.5, 0.6) is 0 Å². The van der Waals surface area contributed by atoms with E-state index in [1.807, 2.05) is 0 Å². The zero-order valence-electron chi connectivity index (χ0n) is 10.3. The van der Waals surface area contributed by atoms with Gasteiger partial charge in [-0.15, -0.1) is 0 Å². The van der Waals surface area contributed by atoms with Crippen molar-refractivity contribution in [1.82, 2.24) is 0 Å². The standard InChI is InChI=1S/C13H20N2O/c1-13(2,9-16-14)11-4-5-12-10(8-11)6-7-15(12)3/h4-5,8H,6-7,9,14H2,1-3H3. The van der Waals surface area contributed by atoms with Crippen molar-refractivity contribution in [3.63, 3.8) is 0 Å². The van der Waals surface area contributed by atoms with Crippen molar-refractivity contribution in [2.24, 2.45) is 5.90 Å². The maximum atomic E-state index is 5.18. The Morgan fingerprint density at radius 1 is 1.44 bits per heavy atom. The number of rotatable bonds is 3. The zero-order valence-corrected chi connectivity index (χ0v) is 10.3. The van der Waals surface area contributed by atoms with Crippen molar-refractivity contribution >= 4 is 5.69 Å². The van der Waals surface area contributed by atoms with E-state index in [0.29, 0.717) is 6.61 Å². The Morgan fingerprint density at radius 3 is 2.88 bits per heavy atom. The zero-order chi connectivity index (χ0) is 11.8. The molecule has 0 saturated heterocycles. The SMILES string of the molecule is CN1CCc2cc(C(C)(C)CON)ccc21. The average Bonchev–Trinajstić information content (AvgIpc) is 2.60. The van der Waals surface area contributed by atoms with E-state index in [0.717, 1.165) is 13.0 Å². The van der Waals surface area contributed by atoms with Crippen molar-refractivity contribution in [3.8, 4) is 0 Å². The fourth-order valence-corrected chi connectivity index (χ4v) is 2.28. The van der Waals surface area contributed by atoms with Gasteiger partial charge < -0.3 is 9.74 Å². The summed E-state index contributed by atoms with van der Waals surface area (Å²) in [5, 5.41) is 0. The van der Waals surface area contributed by atoms with Crippen molar-refractivity contribution in [1.29, 1.82) is 0 Å². The smallest absolute Gasteiger partial charge is 0.0770 e. The lowest BCUT2D eigenvalue weighted by Gasteiger charge is -2.24. The third kappa shape index (κ3) is 1.93. The largest absolute Gasteiger partial charge is 0.374 e. The number of fused-ring (bicyclic) bond motifs is 1. The molecule has 2 rings (SSSR count). The molecular weight excluding hydrogens is 200 g/mol. The van der Waals surface area contributed by atoms with Gasteiger partial charge in [-0.05, 0) is 23.6 Å². The summed E-state index contributed by atoms with van der Waals surface area (Å²) < 4.78 is 0. The molecule has 3 heteroatoms. The fraction of sp³-hybridized carbons (Fsp3) is 0.538. The lowest BCUT2D eigenvalue weighted by Crippen LogP contribution is -2.26. The molecule has 0 fully saturated rings. The number of nitrogens with two attached hydrogens (primary N) is 1. The van der Waals surface area contributed by atoms with Gasteiger partial charge in [0.05, 0.1) is 6.61 Å². The van der Waals surface area contributed by atoms with Crippen LogP contribution in [0.4, 0.5) is 5.69 Å². The van der Waals surface area contributed by atoms with Crippen LogP contribution in [-0.2, 0) is 16.7 Å². The van der Waals surface area contributed by atoms with Crippen LogP contribution >= 0.6 is 0 Å². The molecule has 0 saturated carbocycles. The molecular formula is C13H20N2O. The lowest BCUT2D eigenvalue weighted by atomic mass is 9.84. The third-order valence-electron chi connectivity index (χ3n) is 3.43. The first kappa shape index (κ1) is 11.4. The van der Waals surface area contributed by atoms with Gasteiger partial charge in [0.15, 0.2) is 0 Å². The molecule has 1 aliphatic rings. The quantitative estimate of drug-likeness (QED) is 0.790. The molecule has 2 N–H and O–H groups in total. The maximum absolute atomic E-state index is 5.18. The van der Waals surface area contributed by atoms with Gasteiger partial charge in [-0.3, -0.25) is 0 Å². The third-order valence-corrected chi connectivity index (χ3v) is 3.43. The molecule has 1 aliphatic heterocycles. The minimum absolute atomic E-state index is 0.0229. The average molecular weight is 220 g/mol. The van der Waals surface area contributed by atoms with Gasteiger partial charge in [-0.25, -0.2) is 5.90 Å². The van der Waals surface area contributed by atoms with Crippen LogP contribution in [0.15, 0.2) is 18.2 Å². The van der Waals surface area contributed by atoms with Gasteiger partial charge in [-0.1, -0.05) is 26.0 Å². The van der Waals surface area contributed by atoms with E-state index in [1.54, 1.807) is 0 Å². The molecule has 1 aromatic carbocycles. The Morgan fingerprint density at radius 2 is 2.19 bits per heavy atom. The molecule has 0 aromatic heterocycles. The van der Waals surface area contributed by atoms with E-state index in [1.165, 1.54) is 16.8 Å². The minimum atomic E-state index is -0.0229. The number of nitrogens with zero attached hydrogens (tertiary/aromatic N) is 1. The van der Waals surface area contributed by atoms with Crippen molar-refractivity contribution in [2.45, 2.75) is 25.7 Å². The van der Waals surface area contributed by atoms with Crippen molar-refractivity contribution in [2.75, 3.05) is 25.1 Å². The summed E-state index contributed by atoms with van der Waals surface area (Å²) in [5.74, 6) is 5.18. The first-order chi connectivity index (χ1) is 7.54. The number of likely N-dealkylation sites (N-methyl/N-ethyl adjacent to an activating group) is 1.